The second kappa shape index (κ2) is 4.63. The van der Waals surface area contributed by atoms with Gasteiger partial charge in [-0.25, -0.2) is 0 Å². The molecule has 0 heterocycles. The lowest BCUT2D eigenvalue weighted by Gasteiger charge is -2.11. The molecule has 0 aliphatic carbocycles. The Morgan fingerprint density at radius 3 is 2.41 bits per heavy atom. The molecule has 90 valence electrons. The molecule has 0 N–H and O–H groups in total. The lowest BCUT2D eigenvalue weighted by Crippen LogP contribution is -2.09. The molecular weight excluding hydrogens is 259 g/mol. The van der Waals surface area contributed by atoms with Crippen molar-refractivity contribution in [3.05, 3.63) is 28.8 Å². The van der Waals surface area contributed by atoms with E-state index in [1.165, 1.54) is 0 Å². The second-order valence-corrected chi connectivity index (χ2v) is 3.33. The van der Waals surface area contributed by atoms with Gasteiger partial charge in [-0.15, -0.1) is 0 Å². The van der Waals surface area contributed by atoms with Gasteiger partial charge in [0, 0.05) is 0 Å². The van der Waals surface area contributed by atoms with Crippen LogP contribution in [0.25, 0.3) is 0 Å². The third-order valence-corrected chi connectivity index (χ3v) is 2.18. The number of carbonyl (C=O) groups excluding carboxylic acids is 1. The van der Waals surface area contributed by atoms with Crippen molar-refractivity contribution in [1.29, 1.82) is 5.26 Å². The van der Waals surface area contributed by atoms with E-state index in [1.807, 2.05) is 0 Å². The summed E-state index contributed by atoms with van der Waals surface area (Å²) >= 11 is 5.13. The number of nitrogens with zero attached hydrogens (tertiary/aromatic N) is 1. The van der Waals surface area contributed by atoms with E-state index in [9.17, 15) is 18.0 Å². The summed E-state index contributed by atoms with van der Waals surface area (Å²) in [5.74, 6) is -0.341. The Hall–Kier alpha value is -1.74. The molecule has 0 saturated carbocycles. The van der Waals surface area contributed by atoms with Crippen LogP contribution in [0.1, 0.15) is 21.5 Å². The summed E-state index contributed by atoms with van der Waals surface area (Å²) in [4.78, 5) is 11.0. The van der Waals surface area contributed by atoms with Crippen LogP contribution < -0.4 is 4.74 Å². The van der Waals surface area contributed by atoms with Gasteiger partial charge in [0.2, 0.25) is 0 Å². The number of hydrogen-bond acceptors (Lipinski definition) is 3. The van der Waals surface area contributed by atoms with E-state index in [0.29, 0.717) is 12.1 Å². The first-order chi connectivity index (χ1) is 7.81. The highest BCUT2D eigenvalue weighted by molar-refractivity contribution is 6.68. The molecule has 0 aliphatic heterocycles. The van der Waals surface area contributed by atoms with Crippen molar-refractivity contribution in [2.45, 2.75) is 6.18 Å². The van der Waals surface area contributed by atoms with Crippen LogP contribution in [0.4, 0.5) is 13.2 Å². The van der Waals surface area contributed by atoms with Gasteiger partial charge in [0.05, 0.1) is 18.2 Å². The molecule has 0 atom stereocenters. The van der Waals surface area contributed by atoms with Crippen molar-refractivity contribution < 1.29 is 22.7 Å². The van der Waals surface area contributed by atoms with Gasteiger partial charge < -0.3 is 4.74 Å². The van der Waals surface area contributed by atoms with Crippen LogP contribution in [0.3, 0.4) is 0 Å². The number of halogens is 4. The molecule has 0 aromatic heterocycles. The number of rotatable bonds is 2. The monoisotopic (exact) mass is 263 g/mol. The molecule has 17 heavy (non-hydrogen) atoms. The minimum atomic E-state index is -4.65. The van der Waals surface area contributed by atoms with Crippen LogP contribution in [-0.2, 0) is 6.18 Å². The molecule has 0 aliphatic rings. The van der Waals surface area contributed by atoms with Gasteiger partial charge in [-0.1, -0.05) is 0 Å². The van der Waals surface area contributed by atoms with Gasteiger partial charge in [0.25, 0.3) is 5.24 Å². The third-order valence-electron chi connectivity index (χ3n) is 1.97. The highest BCUT2D eigenvalue weighted by atomic mass is 35.5. The molecule has 7 heteroatoms. The van der Waals surface area contributed by atoms with E-state index < -0.39 is 22.5 Å². The lowest BCUT2D eigenvalue weighted by molar-refractivity contribution is -0.137. The van der Waals surface area contributed by atoms with Crippen LogP contribution in [0, 0.1) is 11.3 Å². The van der Waals surface area contributed by atoms with Gasteiger partial charge in [-0.2, -0.15) is 18.4 Å². The summed E-state index contributed by atoms with van der Waals surface area (Å²) in [6, 6.07) is 2.74. The molecule has 3 nitrogen and oxygen atoms in total. The number of alkyl halides is 3. The zero-order valence-electron chi connectivity index (χ0n) is 8.43. The smallest absolute Gasteiger partial charge is 0.416 e. The fourth-order valence-corrected chi connectivity index (χ4v) is 1.36. The maximum Gasteiger partial charge on any atom is 0.416 e. The Bertz CT molecular complexity index is 505. The first-order valence-electron chi connectivity index (χ1n) is 4.20. The van der Waals surface area contributed by atoms with E-state index in [1.54, 1.807) is 6.07 Å². The minimum absolute atomic E-state index is 0.319. The van der Waals surface area contributed by atoms with Crippen molar-refractivity contribution in [2.24, 2.45) is 0 Å². The largest absolute Gasteiger partial charge is 0.495 e. The number of methoxy groups -OCH3 is 1. The molecule has 1 aromatic rings. The first kappa shape index (κ1) is 13.3. The normalized spacial score (nSPS) is 10.8. The highest BCUT2D eigenvalue weighted by Gasteiger charge is 2.33. The molecule has 0 saturated heterocycles. The van der Waals surface area contributed by atoms with Crippen molar-refractivity contribution in [3.8, 4) is 11.8 Å². The van der Waals surface area contributed by atoms with Gasteiger partial charge >= 0.3 is 6.18 Å². The molecule has 0 unspecified atom stereocenters. The summed E-state index contributed by atoms with van der Waals surface area (Å²) < 4.78 is 42.1. The van der Waals surface area contributed by atoms with E-state index in [-0.39, 0.29) is 11.3 Å². The van der Waals surface area contributed by atoms with Crippen molar-refractivity contribution in [3.63, 3.8) is 0 Å². The van der Waals surface area contributed by atoms with Gasteiger partial charge in [0.1, 0.15) is 17.4 Å². The predicted octanol–water partition coefficient (Wildman–Crippen LogP) is 2.96. The van der Waals surface area contributed by atoms with Crippen LogP contribution in [0.15, 0.2) is 12.1 Å². The van der Waals surface area contributed by atoms with Gasteiger partial charge in [-0.05, 0) is 23.7 Å². The average Bonchev–Trinajstić information content (AvgIpc) is 2.25. The molecule has 1 rings (SSSR count). The lowest BCUT2D eigenvalue weighted by atomic mass is 10.0. The van der Waals surface area contributed by atoms with Crippen LogP contribution in [0.2, 0.25) is 0 Å². The van der Waals surface area contributed by atoms with E-state index in [2.05, 4.69) is 4.74 Å². The van der Waals surface area contributed by atoms with Crippen molar-refractivity contribution in [2.75, 3.05) is 7.11 Å². The maximum absolute atomic E-state index is 12.5. The summed E-state index contributed by atoms with van der Waals surface area (Å²) in [6.45, 7) is 0. The zero-order valence-corrected chi connectivity index (χ0v) is 9.19. The molecule has 1 aromatic carbocycles. The quantitative estimate of drug-likeness (QED) is 0.771. The Kier molecular flexibility index (Phi) is 3.63. The number of nitriles is 1. The second-order valence-electron chi connectivity index (χ2n) is 2.98. The molecule has 0 amide bonds. The molecule has 0 spiro atoms. The average molecular weight is 264 g/mol. The van der Waals surface area contributed by atoms with E-state index >= 15 is 0 Å². The summed E-state index contributed by atoms with van der Waals surface area (Å²) in [5, 5.41) is 7.60. The Labute approximate surface area is 99.4 Å². The molecule has 0 radical (unpaired) electrons. The third kappa shape index (κ3) is 2.68. The Morgan fingerprint density at radius 2 is 2.06 bits per heavy atom. The number of hydrogen-bond donors (Lipinski definition) is 0. The zero-order chi connectivity index (χ0) is 13.2. The Morgan fingerprint density at radius 1 is 1.47 bits per heavy atom. The highest BCUT2D eigenvalue weighted by Crippen LogP contribution is 2.35. The van der Waals surface area contributed by atoms with Crippen LogP contribution >= 0.6 is 11.6 Å². The Balaban J connectivity index is 3.59. The summed E-state index contributed by atoms with van der Waals surface area (Å²) in [6.07, 6.45) is -4.65. The molecule has 0 fully saturated rings. The van der Waals surface area contributed by atoms with Crippen molar-refractivity contribution >= 4 is 16.8 Å². The predicted molar refractivity (Wildman–Crippen MR) is 52.9 cm³/mol. The number of ether oxygens (including phenoxy) is 1. The first-order valence-corrected chi connectivity index (χ1v) is 4.58. The van der Waals surface area contributed by atoms with Gasteiger partial charge in [-0.3, -0.25) is 4.79 Å². The fraction of sp³-hybridized carbons (Fsp3) is 0.200. The molecular formula is C10H5ClF3NO2. The van der Waals surface area contributed by atoms with Crippen molar-refractivity contribution in [1.82, 2.24) is 0 Å². The van der Waals surface area contributed by atoms with E-state index in [4.69, 9.17) is 16.9 Å². The summed E-state index contributed by atoms with van der Waals surface area (Å²) in [5.41, 5.74) is -1.95. The van der Waals surface area contributed by atoms with Crippen LogP contribution in [-0.4, -0.2) is 12.4 Å². The van der Waals surface area contributed by atoms with Gasteiger partial charge in [0.15, 0.2) is 0 Å². The maximum atomic E-state index is 12.5. The van der Waals surface area contributed by atoms with E-state index in [0.717, 1.165) is 7.11 Å². The summed E-state index contributed by atoms with van der Waals surface area (Å²) in [7, 11) is 1.10. The fourth-order valence-electron chi connectivity index (χ4n) is 1.21. The SMILES string of the molecule is COc1cc(C(F)(F)F)cc(C(=O)Cl)c1C#N. The number of benzene rings is 1. The van der Waals surface area contributed by atoms with Crippen LogP contribution in [0.5, 0.6) is 5.75 Å². The molecule has 0 bridgehead atoms. The topological polar surface area (TPSA) is 50.1 Å². The minimum Gasteiger partial charge on any atom is -0.495 e. The number of carbonyl (C=O) groups is 1. The standard InChI is InChI=1S/C10H5ClF3NO2/c1-17-8-3-5(10(12,13)14)2-6(9(11)16)7(8)4-15/h2-3H,1H3.